The SMILES string of the molecule is Cc1cccc(CC(C)(C)C)c1-c1nc(NSc2cccc(C(=O)O)c2)nc(OCC(N)CC(C)(C)C)c1C. The molecule has 4 N–H and O–H groups in total. The average Bonchev–Trinajstić information content (AvgIpc) is 2.81. The van der Waals surface area contributed by atoms with Crippen molar-refractivity contribution in [2.75, 3.05) is 11.3 Å². The topological polar surface area (TPSA) is 110 Å². The van der Waals surface area contributed by atoms with Crippen LogP contribution in [0.3, 0.4) is 0 Å². The van der Waals surface area contributed by atoms with E-state index >= 15 is 0 Å². The van der Waals surface area contributed by atoms with Crippen molar-refractivity contribution in [3.05, 3.63) is 64.7 Å². The molecule has 0 bridgehead atoms. The largest absolute Gasteiger partial charge is 0.478 e. The third-order valence-corrected chi connectivity index (χ3v) is 6.84. The van der Waals surface area contributed by atoms with Crippen LogP contribution in [0.2, 0.25) is 0 Å². The summed E-state index contributed by atoms with van der Waals surface area (Å²) < 4.78 is 9.44. The molecule has 0 aliphatic carbocycles. The molecule has 39 heavy (non-hydrogen) atoms. The van der Waals surface area contributed by atoms with Crippen molar-refractivity contribution in [1.82, 2.24) is 9.97 Å². The first kappa shape index (κ1) is 30.4. The Balaban J connectivity index is 2.03. The summed E-state index contributed by atoms with van der Waals surface area (Å²) >= 11 is 1.26. The van der Waals surface area contributed by atoms with Gasteiger partial charge in [-0.15, -0.1) is 0 Å². The molecular formula is C31H42N4O3S. The second-order valence-corrected chi connectivity index (χ2v) is 13.4. The number of hydrogen-bond donors (Lipinski definition) is 3. The number of aromatic nitrogens is 2. The number of aromatic carboxylic acids is 1. The summed E-state index contributed by atoms with van der Waals surface area (Å²) in [4.78, 5) is 21.8. The molecule has 0 radical (unpaired) electrons. The van der Waals surface area contributed by atoms with Gasteiger partial charge in [0.15, 0.2) is 0 Å². The molecule has 1 atom stereocenters. The van der Waals surface area contributed by atoms with Crippen LogP contribution in [0, 0.1) is 24.7 Å². The van der Waals surface area contributed by atoms with E-state index in [0.29, 0.717) is 18.4 Å². The molecule has 7 nitrogen and oxygen atoms in total. The summed E-state index contributed by atoms with van der Waals surface area (Å²) in [5.74, 6) is -0.109. The fourth-order valence-electron chi connectivity index (χ4n) is 4.54. The minimum Gasteiger partial charge on any atom is -0.478 e. The van der Waals surface area contributed by atoms with Crippen LogP contribution < -0.4 is 15.2 Å². The molecule has 3 rings (SSSR count). The van der Waals surface area contributed by atoms with E-state index in [0.717, 1.165) is 40.1 Å². The number of nitrogens with zero attached hydrogens (tertiary/aromatic N) is 2. The quantitative estimate of drug-likeness (QED) is 0.225. The maximum absolute atomic E-state index is 11.4. The van der Waals surface area contributed by atoms with E-state index in [1.807, 2.05) is 13.0 Å². The van der Waals surface area contributed by atoms with Crippen LogP contribution in [0.15, 0.2) is 47.4 Å². The fraction of sp³-hybridized carbons (Fsp3) is 0.452. The first-order chi connectivity index (χ1) is 18.1. The fourth-order valence-corrected chi connectivity index (χ4v) is 5.17. The summed E-state index contributed by atoms with van der Waals surface area (Å²) in [7, 11) is 0. The Labute approximate surface area is 237 Å². The van der Waals surface area contributed by atoms with Crippen molar-refractivity contribution >= 4 is 23.9 Å². The highest BCUT2D eigenvalue weighted by Crippen LogP contribution is 2.36. The Bertz CT molecular complexity index is 1310. The molecule has 1 heterocycles. The van der Waals surface area contributed by atoms with Gasteiger partial charge in [0.2, 0.25) is 11.8 Å². The van der Waals surface area contributed by atoms with Crippen LogP contribution in [-0.4, -0.2) is 33.7 Å². The summed E-state index contributed by atoms with van der Waals surface area (Å²) in [6.45, 7) is 17.6. The molecule has 1 aromatic heterocycles. The number of rotatable bonds is 10. The van der Waals surface area contributed by atoms with Gasteiger partial charge in [0.25, 0.3) is 0 Å². The number of ether oxygens (including phenoxy) is 1. The number of aryl methyl sites for hydroxylation is 1. The number of carbonyl (C=O) groups is 1. The minimum atomic E-state index is -0.973. The lowest BCUT2D eigenvalue weighted by atomic mass is 9.84. The van der Waals surface area contributed by atoms with Crippen molar-refractivity contribution in [2.24, 2.45) is 16.6 Å². The van der Waals surface area contributed by atoms with Gasteiger partial charge in [-0.1, -0.05) is 65.8 Å². The molecule has 210 valence electrons. The van der Waals surface area contributed by atoms with Crippen molar-refractivity contribution < 1.29 is 14.6 Å². The molecule has 3 aromatic rings. The lowest BCUT2D eigenvalue weighted by Crippen LogP contribution is -2.32. The van der Waals surface area contributed by atoms with Crippen LogP contribution in [0.25, 0.3) is 11.3 Å². The minimum absolute atomic E-state index is 0.0888. The molecule has 0 spiro atoms. The molecule has 0 amide bonds. The standard InChI is InChI=1S/C31H42N4O3S/c1-19-11-9-13-22(16-30(3,4)5)25(19)26-20(2)27(38-18-23(32)17-31(6,7)8)34-29(33-26)35-39-24-14-10-12-21(15-24)28(36)37/h9-15,23H,16-18,32H2,1-8H3,(H,36,37)(H,33,34,35). The maximum atomic E-state index is 11.4. The maximum Gasteiger partial charge on any atom is 0.335 e. The third kappa shape index (κ3) is 8.97. The van der Waals surface area contributed by atoms with E-state index in [-0.39, 0.29) is 22.4 Å². The van der Waals surface area contributed by atoms with Gasteiger partial charge in [-0.2, -0.15) is 4.98 Å². The van der Waals surface area contributed by atoms with Gasteiger partial charge in [-0.3, -0.25) is 4.72 Å². The highest BCUT2D eigenvalue weighted by molar-refractivity contribution is 8.00. The molecule has 0 saturated carbocycles. The summed E-state index contributed by atoms with van der Waals surface area (Å²) in [6, 6.07) is 12.9. The number of nitrogens with one attached hydrogen (secondary N) is 1. The number of carboxylic acid groups (broad SMARTS) is 1. The first-order valence-electron chi connectivity index (χ1n) is 13.2. The number of nitrogens with two attached hydrogens (primary N) is 1. The molecular weight excluding hydrogens is 508 g/mol. The highest BCUT2D eigenvalue weighted by atomic mass is 32.2. The van der Waals surface area contributed by atoms with Crippen LogP contribution in [0.5, 0.6) is 5.88 Å². The Morgan fingerprint density at radius 2 is 1.74 bits per heavy atom. The van der Waals surface area contributed by atoms with E-state index in [1.165, 1.54) is 17.5 Å². The normalized spacial score (nSPS) is 12.7. The van der Waals surface area contributed by atoms with Gasteiger partial charge >= 0.3 is 5.97 Å². The molecule has 1 unspecified atom stereocenters. The van der Waals surface area contributed by atoms with Gasteiger partial charge in [0.05, 0.1) is 11.3 Å². The number of hydrogen-bond acceptors (Lipinski definition) is 7. The highest BCUT2D eigenvalue weighted by Gasteiger charge is 2.22. The van der Waals surface area contributed by atoms with Gasteiger partial charge < -0.3 is 15.6 Å². The zero-order valence-electron chi connectivity index (χ0n) is 24.4. The summed E-state index contributed by atoms with van der Waals surface area (Å²) in [5.41, 5.74) is 11.9. The summed E-state index contributed by atoms with van der Waals surface area (Å²) in [6.07, 6.45) is 1.71. The Morgan fingerprint density at radius 1 is 1.05 bits per heavy atom. The lowest BCUT2D eigenvalue weighted by molar-refractivity contribution is 0.0696. The predicted octanol–water partition coefficient (Wildman–Crippen LogP) is 7.31. The lowest BCUT2D eigenvalue weighted by Gasteiger charge is -2.24. The number of benzene rings is 2. The van der Waals surface area contributed by atoms with Gasteiger partial charge in [0.1, 0.15) is 6.61 Å². The number of anilines is 1. The van der Waals surface area contributed by atoms with Crippen LogP contribution in [0.1, 0.15) is 75.0 Å². The molecule has 0 fully saturated rings. The van der Waals surface area contributed by atoms with Crippen LogP contribution >= 0.6 is 11.9 Å². The molecule has 8 heteroatoms. The van der Waals surface area contributed by atoms with Crippen LogP contribution in [0.4, 0.5) is 5.95 Å². The van der Waals surface area contributed by atoms with Gasteiger partial charge in [-0.05, 0) is 78.8 Å². The Kier molecular flexibility index (Phi) is 9.67. The van der Waals surface area contributed by atoms with Crippen molar-refractivity contribution in [1.29, 1.82) is 0 Å². The zero-order valence-corrected chi connectivity index (χ0v) is 25.2. The Morgan fingerprint density at radius 3 is 2.38 bits per heavy atom. The zero-order chi connectivity index (χ0) is 29.0. The molecule has 0 saturated heterocycles. The monoisotopic (exact) mass is 550 g/mol. The van der Waals surface area contributed by atoms with Crippen molar-refractivity contribution in [3.63, 3.8) is 0 Å². The second-order valence-electron chi connectivity index (χ2n) is 12.5. The van der Waals surface area contributed by atoms with Crippen molar-refractivity contribution in [3.8, 4) is 17.1 Å². The average molecular weight is 551 g/mol. The van der Waals surface area contributed by atoms with Gasteiger partial charge in [0, 0.05) is 22.1 Å². The second kappa shape index (κ2) is 12.4. The Hall–Kier alpha value is -3.10. The molecule has 2 aromatic carbocycles. The van der Waals surface area contributed by atoms with E-state index in [2.05, 4.69) is 71.4 Å². The van der Waals surface area contributed by atoms with E-state index in [4.69, 9.17) is 20.4 Å². The predicted molar refractivity (Wildman–Crippen MR) is 161 cm³/mol. The van der Waals surface area contributed by atoms with Crippen LogP contribution in [-0.2, 0) is 6.42 Å². The first-order valence-corrected chi connectivity index (χ1v) is 14.1. The van der Waals surface area contributed by atoms with E-state index in [1.54, 1.807) is 18.2 Å². The molecule has 0 aliphatic rings. The molecule has 0 aliphatic heterocycles. The van der Waals surface area contributed by atoms with Crippen molar-refractivity contribution in [2.45, 2.75) is 79.2 Å². The third-order valence-electron chi connectivity index (χ3n) is 6.07. The summed E-state index contributed by atoms with van der Waals surface area (Å²) in [5, 5.41) is 9.35. The smallest absolute Gasteiger partial charge is 0.335 e. The van der Waals surface area contributed by atoms with E-state index in [9.17, 15) is 9.90 Å². The van der Waals surface area contributed by atoms with Gasteiger partial charge in [-0.25, -0.2) is 9.78 Å². The number of carboxylic acids is 1. The van der Waals surface area contributed by atoms with E-state index < -0.39 is 5.97 Å².